The molecule has 2 aromatic heterocycles. The molecule has 3 aromatic rings. The van der Waals surface area contributed by atoms with Crippen LogP contribution in [0.15, 0.2) is 51.0 Å². The van der Waals surface area contributed by atoms with E-state index in [0.29, 0.717) is 17.6 Å². The molecule has 0 unspecified atom stereocenters. The molecule has 0 spiro atoms. The first-order valence-corrected chi connectivity index (χ1v) is 10.0. The Bertz CT molecular complexity index is 957. The van der Waals surface area contributed by atoms with Gasteiger partial charge in [-0.3, -0.25) is 4.79 Å². The molecule has 0 atom stereocenters. The molecule has 26 heavy (non-hydrogen) atoms. The highest BCUT2D eigenvalue weighted by Gasteiger charge is 2.21. The van der Waals surface area contributed by atoms with Gasteiger partial charge in [0.05, 0.1) is 23.9 Å². The van der Waals surface area contributed by atoms with Crippen molar-refractivity contribution in [2.45, 2.75) is 49.1 Å². The summed E-state index contributed by atoms with van der Waals surface area (Å²) in [5.74, 6) is 1.42. The van der Waals surface area contributed by atoms with Gasteiger partial charge in [-0.1, -0.05) is 43.2 Å². The Morgan fingerprint density at radius 3 is 2.85 bits per heavy atom. The fourth-order valence-electron chi connectivity index (χ4n) is 3.62. The number of methoxy groups -OCH3 is 1. The lowest BCUT2D eigenvalue weighted by atomic mass is 9.95. The Morgan fingerprint density at radius 2 is 2.08 bits per heavy atom. The minimum atomic E-state index is -0.157. The van der Waals surface area contributed by atoms with Crippen molar-refractivity contribution < 1.29 is 9.15 Å². The van der Waals surface area contributed by atoms with Crippen LogP contribution < -0.4 is 10.2 Å². The number of ether oxygens (including phenoxy) is 1. The molecule has 1 aliphatic carbocycles. The van der Waals surface area contributed by atoms with Gasteiger partial charge in [-0.05, 0) is 25.0 Å². The molecule has 5 nitrogen and oxygen atoms in total. The van der Waals surface area contributed by atoms with Crippen LogP contribution in [0.5, 0.6) is 5.75 Å². The molecule has 0 N–H and O–H groups in total. The molecular formula is C20H22N2O3S. The molecule has 0 bridgehead atoms. The van der Waals surface area contributed by atoms with Gasteiger partial charge in [0.2, 0.25) is 11.2 Å². The summed E-state index contributed by atoms with van der Waals surface area (Å²) < 4.78 is 12.9. The topological polar surface area (TPSA) is 57.3 Å². The SMILES string of the molecule is COc1coc(CSc2nc3ccccc3n2C2CCCCC2)cc1=O. The Kier molecular flexibility index (Phi) is 5.02. The van der Waals surface area contributed by atoms with Gasteiger partial charge < -0.3 is 13.7 Å². The highest BCUT2D eigenvalue weighted by Crippen LogP contribution is 2.36. The number of hydrogen-bond donors (Lipinski definition) is 0. The molecule has 136 valence electrons. The molecule has 0 radical (unpaired) electrons. The van der Waals surface area contributed by atoms with E-state index in [0.717, 1.165) is 10.7 Å². The van der Waals surface area contributed by atoms with E-state index >= 15 is 0 Å². The monoisotopic (exact) mass is 370 g/mol. The lowest BCUT2D eigenvalue weighted by Crippen LogP contribution is -2.13. The number of aromatic nitrogens is 2. The van der Waals surface area contributed by atoms with E-state index in [1.165, 1.54) is 57.1 Å². The first-order chi connectivity index (χ1) is 12.8. The van der Waals surface area contributed by atoms with E-state index < -0.39 is 0 Å². The van der Waals surface area contributed by atoms with Gasteiger partial charge in [0.15, 0.2) is 5.16 Å². The lowest BCUT2D eigenvalue weighted by Gasteiger charge is -2.25. The van der Waals surface area contributed by atoms with Crippen LogP contribution in [0.25, 0.3) is 11.0 Å². The summed E-state index contributed by atoms with van der Waals surface area (Å²) in [6.07, 6.45) is 7.64. The number of rotatable bonds is 5. The second-order valence-corrected chi connectivity index (χ2v) is 7.56. The summed E-state index contributed by atoms with van der Waals surface area (Å²) in [7, 11) is 1.47. The van der Waals surface area contributed by atoms with Crippen LogP contribution in [0, 0.1) is 0 Å². The predicted octanol–water partition coefficient (Wildman–Crippen LogP) is 4.80. The quantitative estimate of drug-likeness (QED) is 0.604. The third-order valence-electron chi connectivity index (χ3n) is 4.92. The van der Waals surface area contributed by atoms with Crippen LogP contribution in [0.1, 0.15) is 43.9 Å². The molecule has 0 saturated heterocycles. The van der Waals surface area contributed by atoms with Crippen molar-refractivity contribution >= 4 is 22.8 Å². The zero-order valence-corrected chi connectivity index (χ0v) is 15.6. The Labute approximate surface area is 156 Å². The Balaban J connectivity index is 1.63. The highest BCUT2D eigenvalue weighted by molar-refractivity contribution is 7.98. The first kappa shape index (κ1) is 17.2. The molecule has 1 aromatic carbocycles. The van der Waals surface area contributed by atoms with Crippen LogP contribution in [-0.4, -0.2) is 16.7 Å². The van der Waals surface area contributed by atoms with Gasteiger partial charge >= 0.3 is 0 Å². The smallest absolute Gasteiger partial charge is 0.227 e. The molecule has 1 fully saturated rings. The average Bonchev–Trinajstić information content (AvgIpc) is 3.05. The van der Waals surface area contributed by atoms with Crippen molar-refractivity contribution in [1.29, 1.82) is 0 Å². The number of hydrogen-bond acceptors (Lipinski definition) is 5. The van der Waals surface area contributed by atoms with E-state index in [9.17, 15) is 4.79 Å². The van der Waals surface area contributed by atoms with Crippen molar-refractivity contribution in [3.63, 3.8) is 0 Å². The van der Waals surface area contributed by atoms with Crippen molar-refractivity contribution in [1.82, 2.24) is 9.55 Å². The number of nitrogens with zero attached hydrogens (tertiary/aromatic N) is 2. The summed E-state index contributed by atoms with van der Waals surface area (Å²) in [5.41, 5.74) is 2.06. The van der Waals surface area contributed by atoms with Crippen LogP contribution in [-0.2, 0) is 5.75 Å². The van der Waals surface area contributed by atoms with Gasteiger partial charge in [0.25, 0.3) is 0 Å². The molecular weight excluding hydrogens is 348 g/mol. The van der Waals surface area contributed by atoms with E-state index in [1.807, 2.05) is 6.07 Å². The normalized spacial score (nSPS) is 15.4. The van der Waals surface area contributed by atoms with Crippen LogP contribution in [0.2, 0.25) is 0 Å². The molecule has 2 heterocycles. The van der Waals surface area contributed by atoms with Crippen LogP contribution in [0.3, 0.4) is 0 Å². The Hall–Kier alpha value is -2.21. The van der Waals surface area contributed by atoms with E-state index in [1.54, 1.807) is 11.8 Å². The van der Waals surface area contributed by atoms with Gasteiger partial charge in [-0.25, -0.2) is 4.98 Å². The third kappa shape index (κ3) is 3.38. The molecule has 0 amide bonds. The lowest BCUT2D eigenvalue weighted by molar-refractivity contribution is 0.343. The van der Waals surface area contributed by atoms with Gasteiger partial charge in [0, 0.05) is 12.1 Å². The number of benzene rings is 1. The van der Waals surface area contributed by atoms with Crippen molar-refractivity contribution in [2.75, 3.05) is 7.11 Å². The standard InChI is InChI=1S/C20H22N2O3S/c1-24-19-12-25-15(11-18(19)23)13-26-20-21-16-9-5-6-10-17(16)22(20)14-7-3-2-4-8-14/h5-6,9-12,14H,2-4,7-8,13H2,1H3. The van der Waals surface area contributed by atoms with Gasteiger partial charge in [0.1, 0.15) is 12.0 Å². The zero-order chi connectivity index (χ0) is 17.9. The first-order valence-electron chi connectivity index (χ1n) is 9.02. The zero-order valence-electron chi connectivity index (χ0n) is 14.8. The molecule has 4 rings (SSSR count). The van der Waals surface area contributed by atoms with Crippen molar-refractivity contribution in [2.24, 2.45) is 0 Å². The number of thioether (sulfide) groups is 1. The number of imidazole rings is 1. The maximum Gasteiger partial charge on any atom is 0.227 e. The summed E-state index contributed by atoms with van der Waals surface area (Å²) in [5, 5.41) is 0.997. The van der Waals surface area contributed by atoms with E-state index in [4.69, 9.17) is 14.1 Å². The van der Waals surface area contributed by atoms with Crippen LogP contribution in [0.4, 0.5) is 0 Å². The van der Waals surface area contributed by atoms with E-state index in [-0.39, 0.29) is 11.2 Å². The van der Waals surface area contributed by atoms with Gasteiger partial charge in [-0.15, -0.1) is 0 Å². The second kappa shape index (κ2) is 7.58. The third-order valence-corrected chi connectivity index (χ3v) is 5.89. The summed E-state index contributed by atoms with van der Waals surface area (Å²) in [6.45, 7) is 0. The minimum Gasteiger partial charge on any atom is -0.490 e. The largest absolute Gasteiger partial charge is 0.490 e. The predicted molar refractivity (Wildman–Crippen MR) is 103 cm³/mol. The molecule has 6 heteroatoms. The number of fused-ring (bicyclic) bond motifs is 1. The molecule has 1 aliphatic rings. The van der Waals surface area contributed by atoms with E-state index in [2.05, 4.69) is 22.8 Å². The Morgan fingerprint density at radius 1 is 1.27 bits per heavy atom. The second-order valence-electron chi connectivity index (χ2n) is 6.61. The van der Waals surface area contributed by atoms with Crippen molar-refractivity contribution in [3.05, 3.63) is 52.6 Å². The summed E-state index contributed by atoms with van der Waals surface area (Å²) in [4.78, 5) is 16.8. The fourth-order valence-corrected chi connectivity index (χ4v) is 4.59. The summed E-state index contributed by atoms with van der Waals surface area (Å²) in [6, 6.07) is 10.3. The van der Waals surface area contributed by atoms with Gasteiger partial charge in [-0.2, -0.15) is 0 Å². The number of para-hydroxylation sites is 2. The molecule has 1 saturated carbocycles. The van der Waals surface area contributed by atoms with Crippen molar-refractivity contribution in [3.8, 4) is 5.75 Å². The maximum absolute atomic E-state index is 11.9. The molecule has 0 aliphatic heterocycles. The maximum atomic E-state index is 11.9. The average molecular weight is 370 g/mol. The fraction of sp³-hybridized carbons (Fsp3) is 0.400. The van der Waals surface area contributed by atoms with Crippen LogP contribution >= 0.6 is 11.8 Å². The minimum absolute atomic E-state index is 0.157. The summed E-state index contributed by atoms with van der Waals surface area (Å²) >= 11 is 1.62. The highest BCUT2D eigenvalue weighted by atomic mass is 32.2.